The van der Waals surface area contributed by atoms with Gasteiger partial charge in [0.25, 0.3) is 0 Å². The van der Waals surface area contributed by atoms with E-state index in [9.17, 15) is 0 Å². The van der Waals surface area contributed by atoms with E-state index < -0.39 is 0 Å². The van der Waals surface area contributed by atoms with Crippen LogP contribution in [-0.4, -0.2) is 43.2 Å². The zero-order chi connectivity index (χ0) is 16.7. The van der Waals surface area contributed by atoms with E-state index in [0.29, 0.717) is 6.04 Å². The van der Waals surface area contributed by atoms with Gasteiger partial charge in [0.2, 0.25) is 0 Å². The van der Waals surface area contributed by atoms with Gasteiger partial charge in [0.15, 0.2) is 5.96 Å². The molecule has 6 heteroatoms. The SMILES string of the molecule is CN=C(NCC(C)Oc1cccc(C)c1)NC1CCC(SC)C1.I. The molecule has 1 saturated carbocycles. The van der Waals surface area contributed by atoms with Gasteiger partial charge in [-0.3, -0.25) is 4.99 Å². The lowest BCUT2D eigenvalue weighted by atomic mass is 10.2. The van der Waals surface area contributed by atoms with E-state index in [4.69, 9.17) is 4.74 Å². The summed E-state index contributed by atoms with van der Waals surface area (Å²) in [6, 6.07) is 8.69. The van der Waals surface area contributed by atoms with Gasteiger partial charge in [-0.15, -0.1) is 24.0 Å². The summed E-state index contributed by atoms with van der Waals surface area (Å²) in [7, 11) is 1.82. The fourth-order valence-corrected chi connectivity index (χ4v) is 3.67. The Hall–Kier alpha value is -0.630. The summed E-state index contributed by atoms with van der Waals surface area (Å²) < 4.78 is 5.95. The third-order valence-electron chi connectivity index (χ3n) is 4.17. The van der Waals surface area contributed by atoms with Crippen LogP contribution in [0, 0.1) is 6.92 Å². The van der Waals surface area contributed by atoms with Gasteiger partial charge in [-0.1, -0.05) is 12.1 Å². The number of hydrogen-bond donors (Lipinski definition) is 2. The van der Waals surface area contributed by atoms with Crippen molar-refractivity contribution in [3.63, 3.8) is 0 Å². The smallest absolute Gasteiger partial charge is 0.191 e. The fraction of sp³-hybridized carbons (Fsp3) is 0.611. The quantitative estimate of drug-likeness (QED) is 0.383. The van der Waals surface area contributed by atoms with Crippen molar-refractivity contribution in [2.45, 2.75) is 50.5 Å². The summed E-state index contributed by atoms with van der Waals surface area (Å²) in [4.78, 5) is 4.33. The van der Waals surface area contributed by atoms with Crippen molar-refractivity contribution in [3.05, 3.63) is 29.8 Å². The number of rotatable bonds is 6. The Kier molecular flexibility index (Phi) is 9.88. The molecule has 1 aliphatic rings. The average Bonchev–Trinajstić information content (AvgIpc) is 2.99. The number of benzene rings is 1. The Balaban J connectivity index is 0.00000288. The van der Waals surface area contributed by atoms with Crippen LogP contribution in [0.25, 0.3) is 0 Å². The van der Waals surface area contributed by atoms with Crippen LogP contribution < -0.4 is 15.4 Å². The maximum atomic E-state index is 5.95. The minimum atomic E-state index is 0. The molecular weight excluding hydrogens is 433 g/mol. The minimum absolute atomic E-state index is 0. The zero-order valence-corrected chi connectivity index (χ0v) is 18.2. The van der Waals surface area contributed by atoms with E-state index in [1.807, 2.05) is 30.9 Å². The van der Waals surface area contributed by atoms with Gasteiger partial charge in [-0.25, -0.2) is 0 Å². The van der Waals surface area contributed by atoms with Gasteiger partial charge in [-0.2, -0.15) is 11.8 Å². The average molecular weight is 463 g/mol. The Bertz CT molecular complexity index is 527. The number of nitrogens with one attached hydrogen (secondary N) is 2. The van der Waals surface area contributed by atoms with Crippen molar-refractivity contribution in [3.8, 4) is 5.75 Å². The summed E-state index contributed by atoms with van der Waals surface area (Å²) in [6.07, 6.45) is 6.02. The molecule has 2 N–H and O–H groups in total. The van der Waals surface area contributed by atoms with Gasteiger partial charge >= 0.3 is 0 Å². The number of aryl methyl sites for hydroxylation is 1. The van der Waals surface area contributed by atoms with Crippen LogP contribution in [0.2, 0.25) is 0 Å². The number of guanidine groups is 1. The van der Waals surface area contributed by atoms with Gasteiger partial charge in [0.05, 0.1) is 6.54 Å². The van der Waals surface area contributed by atoms with Crippen LogP contribution in [0.3, 0.4) is 0 Å². The lowest BCUT2D eigenvalue weighted by Gasteiger charge is -2.20. The van der Waals surface area contributed by atoms with Crippen molar-refractivity contribution < 1.29 is 4.74 Å². The Morgan fingerprint density at radius 3 is 2.83 bits per heavy atom. The molecule has 0 radical (unpaired) electrons. The largest absolute Gasteiger partial charge is 0.489 e. The van der Waals surface area contributed by atoms with Crippen molar-refractivity contribution in [1.82, 2.24) is 10.6 Å². The number of aliphatic imine (C=N–C) groups is 1. The van der Waals surface area contributed by atoms with E-state index in [0.717, 1.165) is 23.5 Å². The van der Waals surface area contributed by atoms with Crippen LogP contribution in [0.1, 0.15) is 31.7 Å². The van der Waals surface area contributed by atoms with Crippen LogP contribution in [0.4, 0.5) is 0 Å². The summed E-state index contributed by atoms with van der Waals surface area (Å²) in [5.41, 5.74) is 1.21. The second-order valence-electron chi connectivity index (χ2n) is 6.21. The predicted octanol–water partition coefficient (Wildman–Crippen LogP) is 3.83. The molecule has 0 heterocycles. The number of thioether (sulfide) groups is 1. The summed E-state index contributed by atoms with van der Waals surface area (Å²) in [5, 5.41) is 7.69. The Morgan fingerprint density at radius 2 is 2.21 bits per heavy atom. The van der Waals surface area contributed by atoms with Crippen molar-refractivity contribution in [2.75, 3.05) is 19.8 Å². The molecule has 0 saturated heterocycles. The number of nitrogens with zero attached hydrogens (tertiary/aromatic N) is 1. The molecule has 0 aliphatic heterocycles. The van der Waals surface area contributed by atoms with E-state index >= 15 is 0 Å². The molecule has 2 rings (SSSR count). The van der Waals surface area contributed by atoms with Gasteiger partial charge < -0.3 is 15.4 Å². The molecular formula is C18H30IN3OS. The number of hydrogen-bond acceptors (Lipinski definition) is 3. The highest BCUT2D eigenvalue weighted by Crippen LogP contribution is 2.27. The van der Waals surface area contributed by atoms with Gasteiger partial charge in [0.1, 0.15) is 11.9 Å². The fourth-order valence-electron chi connectivity index (χ4n) is 2.88. The van der Waals surface area contributed by atoms with E-state index in [2.05, 4.69) is 47.9 Å². The monoisotopic (exact) mass is 463 g/mol. The molecule has 24 heavy (non-hydrogen) atoms. The standard InChI is InChI=1S/C18H29N3OS.HI/c1-13-6-5-7-16(10-13)22-14(2)12-20-18(19-3)21-15-8-9-17(11-15)23-4;/h5-7,10,14-15,17H,8-9,11-12H2,1-4H3,(H2,19,20,21);1H. The first-order valence-electron chi connectivity index (χ1n) is 8.34. The molecule has 3 unspecified atom stereocenters. The molecule has 0 bridgehead atoms. The second kappa shape index (κ2) is 11.1. The topological polar surface area (TPSA) is 45.7 Å². The first-order valence-corrected chi connectivity index (χ1v) is 9.62. The molecule has 3 atom stereocenters. The van der Waals surface area contributed by atoms with Crippen LogP contribution in [0.15, 0.2) is 29.3 Å². The zero-order valence-electron chi connectivity index (χ0n) is 15.0. The second-order valence-corrected chi connectivity index (χ2v) is 7.35. The first-order chi connectivity index (χ1) is 11.1. The molecule has 0 aromatic heterocycles. The molecule has 1 aliphatic carbocycles. The Morgan fingerprint density at radius 1 is 1.42 bits per heavy atom. The molecule has 1 aromatic carbocycles. The highest BCUT2D eigenvalue weighted by molar-refractivity contribution is 14.0. The lowest BCUT2D eigenvalue weighted by molar-refractivity contribution is 0.223. The van der Waals surface area contributed by atoms with E-state index in [-0.39, 0.29) is 30.1 Å². The van der Waals surface area contributed by atoms with Gasteiger partial charge in [0, 0.05) is 18.3 Å². The Labute approximate surface area is 167 Å². The molecule has 1 aromatic rings. The normalized spacial score (nSPS) is 21.8. The van der Waals surface area contributed by atoms with Crippen molar-refractivity contribution in [2.24, 2.45) is 4.99 Å². The van der Waals surface area contributed by atoms with Crippen molar-refractivity contribution in [1.29, 1.82) is 0 Å². The maximum absolute atomic E-state index is 5.95. The maximum Gasteiger partial charge on any atom is 0.191 e. The number of ether oxygens (including phenoxy) is 1. The van der Waals surface area contributed by atoms with Crippen LogP contribution in [-0.2, 0) is 0 Å². The lowest BCUT2D eigenvalue weighted by Crippen LogP contribution is -2.45. The summed E-state index contributed by atoms with van der Waals surface area (Å²) >= 11 is 1.97. The predicted molar refractivity (Wildman–Crippen MR) is 116 cm³/mol. The summed E-state index contributed by atoms with van der Waals surface area (Å²) in [5.74, 6) is 1.79. The molecule has 1 fully saturated rings. The van der Waals surface area contributed by atoms with Gasteiger partial charge in [-0.05, 0) is 57.1 Å². The highest BCUT2D eigenvalue weighted by atomic mass is 127. The highest BCUT2D eigenvalue weighted by Gasteiger charge is 2.24. The molecule has 0 amide bonds. The molecule has 0 spiro atoms. The minimum Gasteiger partial charge on any atom is -0.489 e. The molecule has 4 nitrogen and oxygen atoms in total. The van der Waals surface area contributed by atoms with E-state index in [1.54, 1.807) is 0 Å². The first kappa shape index (κ1) is 21.4. The van der Waals surface area contributed by atoms with E-state index in [1.165, 1.54) is 24.8 Å². The third-order valence-corrected chi connectivity index (χ3v) is 5.26. The summed E-state index contributed by atoms with van der Waals surface area (Å²) in [6.45, 7) is 4.87. The number of halogens is 1. The molecule has 136 valence electrons. The van der Waals surface area contributed by atoms with Crippen LogP contribution >= 0.6 is 35.7 Å². The van der Waals surface area contributed by atoms with Crippen LogP contribution in [0.5, 0.6) is 5.75 Å². The third kappa shape index (κ3) is 7.09. The van der Waals surface area contributed by atoms with Crippen molar-refractivity contribution >= 4 is 41.7 Å².